The number of carbonyl (C=O) groups is 2. The van der Waals surface area contributed by atoms with Gasteiger partial charge in [0.2, 0.25) is 0 Å². The normalized spacial score (nSPS) is 10.5. The Bertz CT molecular complexity index is 553. The fourth-order valence-electron chi connectivity index (χ4n) is 1.21. The third-order valence-corrected chi connectivity index (χ3v) is 2.77. The van der Waals surface area contributed by atoms with Crippen LogP contribution in [0.2, 0.25) is 0 Å². The predicted octanol–water partition coefficient (Wildman–Crippen LogP) is 3.15. The fourth-order valence-corrected chi connectivity index (χ4v) is 1.56. The van der Waals surface area contributed by atoms with Crippen molar-refractivity contribution in [2.75, 3.05) is 5.75 Å². The maximum absolute atomic E-state index is 12.5. The van der Waals surface area contributed by atoms with E-state index in [1.165, 1.54) is 6.92 Å². The summed E-state index contributed by atoms with van der Waals surface area (Å²) in [7, 11) is 0. The molecule has 2 nitrogen and oxygen atoms in total. The van der Waals surface area contributed by atoms with Crippen molar-refractivity contribution >= 4 is 23.2 Å². The zero-order valence-electron chi connectivity index (χ0n) is 9.88. The Balaban J connectivity index is 3.03. The summed E-state index contributed by atoms with van der Waals surface area (Å²) in [5.41, 5.74) is -0.760. The summed E-state index contributed by atoms with van der Waals surface area (Å²) in [5, 5.41) is -0.131. The average Bonchev–Trinajstić information content (AvgIpc) is 2.33. The van der Waals surface area contributed by atoms with Gasteiger partial charge in [-0.15, -0.1) is 0 Å². The van der Waals surface area contributed by atoms with Crippen LogP contribution in [0.4, 0.5) is 13.2 Å². The summed E-state index contributed by atoms with van der Waals surface area (Å²) >= 11 is 0.951. The zero-order valence-corrected chi connectivity index (χ0v) is 10.7. The standard InChI is InChI=1S/C13H9F3O2S/c1-9(18)19-6-2-3-10-7-12(13(14,15)16)5-4-11(10)8-17/h4-5,7-8H,6H2,1H3. The van der Waals surface area contributed by atoms with Gasteiger partial charge in [0, 0.05) is 18.1 Å². The third kappa shape index (κ3) is 4.79. The maximum Gasteiger partial charge on any atom is 0.416 e. The predicted molar refractivity (Wildman–Crippen MR) is 66.8 cm³/mol. The largest absolute Gasteiger partial charge is 0.416 e. The summed E-state index contributed by atoms with van der Waals surface area (Å²) in [6.07, 6.45) is -4.03. The highest BCUT2D eigenvalue weighted by Crippen LogP contribution is 2.30. The second kappa shape index (κ2) is 6.43. The van der Waals surface area contributed by atoms with Crippen LogP contribution >= 0.6 is 11.8 Å². The number of hydrogen-bond acceptors (Lipinski definition) is 3. The molecule has 0 radical (unpaired) electrons. The average molecular weight is 286 g/mol. The van der Waals surface area contributed by atoms with E-state index in [0.29, 0.717) is 6.29 Å². The van der Waals surface area contributed by atoms with E-state index < -0.39 is 11.7 Å². The van der Waals surface area contributed by atoms with Crippen molar-refractivity contribution in [2.45, 2.75) is 13.1 Å². The number of rotatable bonds is 2. The Labute approximate surface area is 112 Å². The lowest BCUT2D eigenvalue weighted by Crippen LogP contribution is -2.06. The Morgan fingerprint density at radius 2 is 2.11 bits per heavy atom. The molecule has 0 atom stereocenters. The molecule has 0 aliphatic rings. The van der Waals surface area contributed by atoms with Gasteiger partial charge in [0.25, 0.3) is 0 Å². The molecule has 0 unspecified atom stereocenters. The molecule has 0 saturated carbocycles. The van der Waals surface area contributed by atoms with Gasteiger partial charge in [-0.25, -0.2) is 0 Å². The molecule has 19 heavy (non-hydrogen) atoms. The van der Waals surface area contributed by atoms with Crippen LogP contribution in [0.15, 0.2) is 18.2 Å². The molecule has 100 valence electrons. The summed E-state index contributed by atoms with van der Waals surface area (Å²) in [4.78, 5) is 21.4. The van der Waals surface area contributed by atoms with Crippen LogP contribution in [0.25, 0.3) is 0 Å². The Morgan fingerprint density at radius 3 is 2.63 bits per heavy atom. The minimum absolute atomic E-state index is 0.00831. The monoisotopic (exact) mass is 286 g/mol. The highest BCUT2D eigenvalue weighted by atomic mass is 32.2. The van der Waals surface area contributed by atoms with Gasteiger partial charge in [-0.3, -0.25) is 9.59 Å². The minimum atomic E-state index is -4.48. The number of hydrogen-bond donors (Lipinski definition) is 0. The van der Waals surface area contributed by atoms with E-state index in [9.17, 15) is 22.8 Å². The first kappa shape index (κ1) is 15.3. The molecule has 0 aliphatic heterocycles. The van der Waals surface area contributed by atoms with E-state index in [2.05, 4.69) is 11.8 Å². The first-order valence-corrected chi connectivity index (χ1v) is 6.12. The first-order valence-electron chi connectivity index (χ1n) is 5.13. The molecule has 0 amide bonds. The Kier molecular flexibility index (Phi) is 5.19. The van der Waals surface area contributed by atoms with Crippen molar-refractivity contribution in [3.8, 4) is 11.8 Å². The molecular weight excluding hydrogens is 277 g/mol. The Hall–Kier alpha value is -1.74. The molecule has 0 spiro atoms. The van der Waals surface area contributed by atoms with Crippen LogP contribution in [-0.4, -0.2) is 17.2 Å². The lowest BCUT2D eigenvalue weighted by molar-refractivity contribution is -0.137. The fraction of sp³-hybridized carbons (Fsp3) is 0.231. The molecule has 1 rings (SSSR count). The van der Waals surface area contributed by atoms with Crippen LogP contribution in [-0.2, 0) is 11.0 Å². The van der Waals surface area contributed by atoms with Crippen LogP contribution in [0.3, 0.4) is 0 Å². The molecule has 0 aliphatic carbocycles. The molecule has 1 aromatic carbocycles. The SMILES string of the molecule is CC(=O)SCC#Cc1cc(C(F)(F)F)ccc1C=O. The lowest BCUT2D eigenvalue weighted by Gasteiger charge is -2.07. The summed E-state index contributed by atoms with van der Waals surface area (Å²) in [5.74, 6) is 5.20. The second-order valence-corrected chi connectivity index (χ2v) is 4.65. The van der Waals surface area contributed by atoms with Gasteiger partial charge in [0.05, 0.1) is 11.3 Å². The van der Waals surface area contributed by atoms with Crippen molar-refractivity contribution in [2.24, 2.45) is 0 Å². The first-order chi connectivity index (χ1) is 8.84. The van der Waals surface area contributed by atoms with Gasteiger partial charge in [0.15, 0.2) is 11.4 Å². The van der Waals surface area contributed by atoms with Gasteiger partial charge >= 0.3 is 6.18 Å². The van der Waals surface area contributed by atoms with Gasteiger partial charge in [-0.2, -0.15) is 13.2 Å². The topological polar surface area (TPSA) is 34.1 Å². The molecule has 1 aromatic rings. The number of carbonyl (C=O) groups excluding carboxylic acids is 2. The van der Waals surface area contributed by atoms with E-state index in [-0.39, 0.29) is 22.0 Å². The van der Waals surface area contributed by atoms with Crippen LogP contribution < -0.4 is 0 Å². The molecule has 0 saturated heterocycles. The number of benzene rings is 1. The minimum Gasteiger partial charge on any atom is -0.298 e. The highest BCUT2D eigenvalue weighted by molar-refractivity contribution is 8.13. The van der Waals surface area contributed by atoms with Crippen molar-refractivity contribution in [3.63, 3.8) is 0 Å². The summed E-state index contributed by atoms with van der Waals surface area (Å²) in [6, 6.07) is 2.74. The van der Waals surface area contributed by atoms with E-state index >= 15 is 0 Å². The summed E-state index contributed by atoms with van der Waals surface area (Å²) in [6.45, 7) is 1.37. The number of thioether (sulfide) groups is 1. The zero-order chi connectivity index (χ0) is 14.5. The van der Waals surface area contributed by atoms with E-state index in [1.807, 2.05) is 0 Å². The molecule has 0 fully saturated rings. The van der Waals surface area contributed by atoms with Crippen molar-refractivity contribution in [1.82, 2.24) is 0 Å². The second-order valence-electron chi connectivity index (χ2n) is 3.50. The maximum atomic E-state index is 12.5. The van der Waals surface area contributed by atoms with Gasteiger partial charge < -0.3 is 0 Å². The third-order valence-electron chi connectivity index (χ3n) is 2.08. The molecular formula is C13H9F3O2S. The van der Waals surface area contributed by atoms with Gasteiger partial charge in [-0.1, -0.05) is 23.6 Å². The molecule has 6 heteroatoms. The quantitative estimate of drug-likeness (QED) is 0.618. The lowest BCUT2D eigenvalue weighted by atomic mass is 10.0. The van der Waals surface area contributed by atoms with Crippen LogP contribution in [0.5, 0.6) is 0 Å². The van der Waals surface area contributed by atoms with Crippen LogP contribution in [0, 0.1) is 11.8 Å². The Morgan fingerprint density at radius 1 is 1.42 bits per heavy atom. The van der Waals surface area contributed by atoms with Gasteiger partial charge in [0.1, 0.15) is 0 Å². The highest BCUT2D eigenvalue weighted by Gasteiger charge is 2.30. The molecule has 0 N–H and O–H groups in total. The number of halogens is 3. The van der Waals surface area contributed by atoms with Crippen LogP contribution in [0.1, 0.15) is 28.4 Å². The molecule has 0 heterocycles. The van der Waals surface area contributed by atoms with Gasteiger partial charge in [-0.05, 0) is 18.2 Å². The van der Waals surface area contributed by atoms with Crippen molar-refractivity contribution < 1.29 is 22.8 Å². The molecule has 0 bridgehead atoms. The number of alkyl halides is 3. The smallest absolute Gasteiger partial charge is 0.298 e. The van der Waals surface area contributed by atoms with E-state index in [0.717, 1.165) is 30.0 Å². The van der Waals surface area contributed by atoms with Crippen molar-refractivity contribution in [1.29, 1.82) is 0 Å². The van der Waals surface area contributed by atoms with Crippen molar-refractivity contribution in [3.05, 3.63) is 34.9 Å². The van der Waals surface area contributed by atoms with E-state index in [1.54, 1.807) is 0 Å². The van der Waals surface area contributed by atoms with E-state index in [4.69, 9.17) is 0 Å². The summed E-state index contributed by atoms with van der Waals surface area (Å²) < 4.78 is 37.5. The number of aldehydes is 1. The molecule has 0 aromatic heterocycles.